The van der Waals surface area contributed by atoms with Gasteiger partial charge >= 0.3 is 0 Å². The van der Waals surface area contributed by atoms with Crippen LogP contribution in [-0.2, 0) is 4.79 Å². The smallest absolute Gasteiger partial charge is 0.232 e. The lowest BCUT2D eigenvalue weighted by Crippen LogP contribution is -2.29. The zero-order chi connectivity index (χ0) is 14.9. The molecule has 0 spiro atoms. The number of fused-ring (bicyclic) bond motifs is 3. The van der Waals surface area contributed by atoms with Crippen LogP contribution >= 0.6 is 11.8 Å². The number of allylic oxidation sites excluding steroid dienone is 7. The Morgan fingerprint density at radius 2 is 1.86 bits per heavy atom. The molecule has 1 aliphatic heterocycles. The molecule has 0 aromatic heterocycles. The fourth-order valence-corrected chi connectivity index (χ4v) is 5.22. The van der Waals surface area contributed by atoms with Crippen molar-refractivity contribution in [3.05, 3.63) is 47.4 Å². The fourth-order valence-electron chi connectivity index (χ4n) is 4.30. The van der Waals surface area contributed by atoms with Crippen LogP contribution < -0.4 is 0 Å². The van der Waals surface area contributed by atoms with Gasteiger partial charge in [-0.1, -0.05) is 42.5 Å². The zero-order valence-corrected chi connectivity index (χ0v) is 13.7. The maximum atomic E-state index is 12.2. The monoisotopic (exact) mass is 313 g/mol. The van der Waals surface area contributed by atoms with E-state index in [9.17, 15) is 4.79 Å². The summed E-state index contributed by atoms with van der Waals surface area (Å²) < 4.78 is 0. The quantitative estimate of drug-likeness (QED) is 0.790. The molecule has 4 unspecified atom stereocenters. The van der Waals surface area contributed by atoms with Crippen LogP contribution in [0.25, 0.3) is 0 Å². The van der Waals surface area contributed by atoms with Gasteiger partial charge in [0.2, 0.25) is 5.91 Å². The van der Waals surface area contributed by atoms with E-state index in [0.717, 1.165) is 13.1 Å². The summed E-state index contributed by atoms with van der Waals surface area (Å²) in [4.78, 5) is 15.5. The number of thioether (sulfide) groups is 1. The molecule has 3 heteroatoms. The lowest BCUT2D eigenvalue weighted by molar-refractivity contribution is -0.127. The van der Waals surface area contributed by atoms with Gasteiger partial charge in [0, 0.05) is 18.0 Å². The summed E-state index contributed by atoms with van der Waals surface area (Å²) in [5, 5.41) is 0. The van der Waals surface area contributed by atoms with Gasteiger partial charge in [0.05, 0.1) is 5.75 Å². The minimum absolute atomic E-state index is 0.310. The highest BCUT2D eigenvalue weighted by Crippen LogP contribution is 2.48. The van der Waals surface area contributed by atoms with Crippen molar-refractivity contribution in [2.75, 3.05) is 18.8 Å². The van der Waals surface area contributed by atoms with E-state index in [1.54, 1.807) is 11.8 Å². The molecule has 3 aliphatic carbocycles. The molecule has 2 nitrogen and oxygen atoms in total. The highest BCUT2D eigenvalue weighted by Gasteiger charge is 2.40. The summed E-state index contributed by atoms with van der Waals surface area (Å²) in [5.41, 5.74) is 0. The van der Waals surface area contributed by atoms with Crippen molar-refractivity contribution in [1.29, 1.82) is 0 Å². The van der Waals surface area contributed by atoms with Gasteiger partial charge in [-0.3, -0.25) is 4.79 Å². The van der Waals surface area contributed by atoms with Crippen LogP contribution in [0.3, 0.4) is 0 Å². The molecule has 0 aromatic rings. The third kappa shape index (κ3) is 2.71. The molecule has 0 radical (unpaired) electrons. The molecule has 22 heavy (non-hydrogen) atoms. The van der Waals surface area contributed by atoms with E-state index in [1.165, 1.54) is 24.2 Å². The van der Waals surface area contributed by atoms with E-state index >= 15 is 0 Å². The number of carbonyl (C=O) groups is 1. The van der Waals surface area contributed by atoms with Crippen LogP contribution in [0.5, 0.6) is 0 Å². The zero-order valence-electron chi connectivity index (χ0n) is 12.9. The standard InChI is InChI=1S/C19H23NOS/c21-19(20-9-3-4-10-20)13-22-16-7-8-18-15(12-16)11-14-5-1-2-6-17(14)18/h1-2,5-8,12,14-15,17-18H,3-4,9-11,13H2. The third-order valence-electron chi connectivity index (χ3n) is 5.46. The molecule has 1 heterocycles. The van der Waals surface area contributed by atoms with Crippen molar-refractivity contribution < 1.29 is 4.79 Å². The number of rotatable bonds is 3. The first-order valence-corrected chi connectivity index (χ1v) is 9.45. The predicted molar refractivity (Wildman–Crippen MR) is 92.4 cm³/mol. The Kier molecular flexibility index (Phi) is 4.00. The van der Waals surface area contributed by atoms with E-state index in [2.05, 4.69) is 42.5 Å². The van der Waals surface area contributed by atoms with Crippen LogP contribution in [0, 0.1) is 23.7 Å². The molecule has 1 amide bonds. The van der Waals surface area contributed by atoms with Gasteiger partial charge in [-0.2, -0.15) is 0 Å². The summed E-state index contributed by atoms with van der Waals surface area (Å²) in [6.45, 7) is 1.92. The topological polar surface area (TPSA) is 20.3 Å². The summed E-state index contributed by atoms with van der Waals surface area (Å²) in [6.07, 6.45) is 19.8. The second kappa shape index (κ2) is 6.11. The maximum Gasteiger partial charge on any atom is 0.232 e. The van der Waals surface area contributed by atoms with Crippen molar-refractivity contribution in [2.24, 2.45) is 23.7 Å². The van der Waals surface area contributed by atoms with Crippen molar-refractivity contribution >= 4 is 17.7 Å². The van der Waals surface area contributed by atoms with E-state index in [4.69, 9.17) is 0 Å². The summed E-state index contributed by atoms with van der Waals surface area (Å²) in [5.74, 6) is 3.60. The van der Waals surface area contributed by atoms with E-state index in [1.807, 2.05) is 4.90 Å². The predicted octanol–water partition coefficient (Wildman–Crippen LogP) is 3.79. The molecule has 0 aromatic carbocycles. The number of hydrogen-bond donors (Lipinski definition) is 0. The Labute approximate surface area is 137 Å². The van der Waals surface area contributed by atoms with Crippen LogP contribution in [-0.4, -0.2) is 29.6 Å². The fraction of sp³-hybridized carbons (Fsp3) is 0.526. The molecule has 116 valence electrons. The first-order valence-electron chi connectivity index (χ1n) is 8.47. The highest BCUT2D eigenvalue weighted by atomic mass is 32.2. The second-order valence-electron chi connectivity index (χ2n) is 6.79. The van der Waals surface area contributed by atoms with Gasteiger partial charge in [-0.05, 0) is 42.9 Å². The SMILES string of the molecule is O=C(CSC1=CC2CC3C=CC=CC3C2C=C1)N1CCCC1. The molecule has 1 saturated heterocycles. The van der Waals surface area contributed by atoms with Gasteiger partial charge in [0.1, 0.15) is 0 Å². The molecule has 4 atom stereocenters. The molecule has 2 fully saturated rings. The first kappa shape index (κ1) is 14.4. The largest absolute Gasteiger partial charge is 0.342 e. The molecule has 0 bridgehead atoms. The Bertz CT molecular complexity index is 568. The van der Waals surface area contributed by atoms with Crippen LogP contribution in [0.1, 0.15) is 19.3 Å². The number of nitrogens with zero attached hydrogens (tertiary/aromatic N) is 1. The highest BCUT2D eigenvalue weighted by molar-refractivity contribution is 8.03. The summed E-state index contributed by atoms with van der Waals surface area (Å²) in [6, 6.07) is 0. The van der Waals surface area contributed by atoms with E-state index in [-0.39, 0.29) is 0 Å². The van der Waals surface area contributed by atoms with Crippen molar-refractivity contribution in [1.82, 2.24) is 4.90 Å². The Hall–Kier alpha value is -1.22. The van der Waals surface area contributed by atoms with Crippen LogP contribution in [0.15, 0.2) is 47.4 Å². The second-order valence-corrected chi connectivity index (χ2v) is 7.84. The molecular formula is C19H23NOS. The average molecular weight is 313 g/mol. The summed E-state index contributed by atoms with van der Waals surface area (Å²) in [7, 11) is 0. The lowest BCUT2D eigenvalue weighted by Gasteiger charge is -2.23. The van der Waals surface area contributed by atoms with Gasteiger partial charge in [-0.15, -0.1) is 11.8 Å². The Morgan fingerprint density at radius 1 is 1.09 bits per heavy atom. The Morgan fingerprint density at radius 3 is 2.73 bits per heavy atom. The minimum atomic E-state index is 0.310. The Balaban J connectivity index is 1.37. The molecule has 4 aliphatic rings. The molecule has 4 rings (SSSR count). The van der Waals surface area contributed by atoms with Gasteiger partial charge in [0.25, 0.3) is 0 Å². The normalized spacial score (nSPS) is 35.5. The third-order valence-corrected chi connectivity index (χ3v) is 6.46. The van der Waals surface area contributed by atoms with Gasteiger partial charge in [-0.25, -0.2) is 0 Å². The number of amides is 1. The number of carbonyl (C=O) groups excluding carboxylic acids is 1. The number of hydrogen-bond acceptors (Lipinski definition) is 2. The lowest BCUT2D eigenvalue weighted by atomic mass is 9.83. The average Bonchev–Trinajstić information content (AvgIpc) is 3.19. The number of likely N-dealkylation sites (tertiary alicyclic amines) is 1. The van der Waals surface area contributed by atoms with E-state index < -0.39 is 0 Å². The molecule has 0 N–H and O–H groups in total. The van der Waals surface area contributed by atoms with Crippen molar-refractivity contribution in [3.63, 3.8) is 0 Å². The molecular weight excluding hydrogens is 290 g/mol. The minimum Gasteiger partial charge on any atom is -0.342 e. The van der Waals surface area contributed by atoms with Crippen LogP contribution in [0.2, 0.25) is 0 Å². The van der Waals surface area contributed by atoms with Gasteiger partial charge < -0.3 is 4.90 Å². The van der Waals surface area contributed by atoms with Gasteiger partial charge in [0.15, 0.2) is 0 Å². The van der Waals surface area contributed by atoms with E-state index in [0.29, 0.717) is 35.3 Å². The van der Waals surface area contributed by atoms with Crippen molar-refractivity contribution in [2.45, 2.75) is 19.3 Å². The molecule has 1 saturated carbocycles. The van der Waals surface area contributed by atoms with Crippen molar-refractivity contribution in [3.8, 4) is 0 Å². The first-order chi connectivity index (χ1) is 10.8. The van der Waals surface area contributed by atoms with Crippen LogP contribution in [0.4, 0.5) is 0 Å². The maximum absolute atomic E-state index is 12.2. The summed E-state index contributed by atoms with van der Waals surface area (Å²) >= 11 is 1.72.